The van der Waals surface area contributed by atoms with E-state index >= 15 is 0 Å². The summed E-state index contributed by atoms with van der Waals surface area (Å²) in [5, 5.41) is 14.0. The topological polar surface area (TPSA) is 70.8 Å². The molecule has 196 valence electrons. The molecule has 2 aliphatic heterocycles. The summed E-state index contributed by atoms with van der Waals surface area (Å²) in [7, 11) is 0. The highest BCUT2D eigenvalue weighted by molar-refractivity contribution is 5.97. The van der Waals surface area contributed by atoms with Crippen molar-refractivity contribution in [3.63, 3.8) is 0 Å². The molecule has 1 amide bonds. The highest BCUT2D eigenvalue weighted by atomic mass is 19.4. The van der Waals surface area contributed by atoms with Gasteiger partial charge in [0.15, 0.2) is 0 Å². The molecular formula is C26H33F3N4O3. The molecule has 0 radical (unpaired) electrons. The van der Waals surface area contributed by atoms with E-state index in [1.165, 1.54) is 18.2 Å². The van der Waals surface area contributed by atoms with Crippen molar-refractivity contribution in [1.29, 1.82) is 0 Å². The number of piperidine rings is 1. The average Bonchev–Trinajstić information content (AvgIpc) is 3.47. The molecule has 3 fully saturated rings. The molecule has 0 bridgehead atoms. The van der Waals surface area contributed by atoms with Crippen LogP contribution in [-0.4, -0.2) is 75.3 Å². The Hall–Kier alpha value is -2.59. The minimum Gasteiger partial charge on any atom is -0.406 e. The van der Waals surface area contributed by atoms with Gasteiger partial charge in [-0.1, -0.05) is 6.07 Å². The number of aromatic nitrogens is 2. The van der Waals surface area contributed by atoms with E-state index in [4.69, 9.17) is 0 Å². The van der Waals surface area contributed by atoms with Gasteiger partial charge >= 0.3 is 6.36 Å². The van der Waals surface area contributed by atoms with Gasteiger partial charge in [-0.3, -0.25) is 9.69 Å². The Kier molecular flexibility index (Phi) is 7.00. The van der Waals surface area contributed by atoms with Gasteiger partial charge in [-0.2, -0.15) is 5.10 Å². The number of ether oxygens (including phenoxy) is 1. The zero-order chi connectivity index (χ0) is 25.4. The van der Waals surface area contributed by atoms with Crippen LogP contribution in [0.4, 0.5) is 13.2 Å². The van der Waals surface area contributed by atoms with E-state index in [1.807, 2.05) is 4.90 Å². The lowest BCUT2D eigenvalue weighted by atomic mass is 9.99. The van der Waals surface area contributed by atoms with Crippen LogP contribution >= 0.6 is 0 Å². The van der Waals surface area contributed by atoms with Crippen LogP contribution in [0.3, 0.4) is 0 Å². The second kappa shape index (κ2) is 10.0. The molecule has 1 atom stereocenters. The van der Waals surface area contributed by atoms with Crippen molar-refractivity contribution >= 4 is 5.91 Å². The summed E-state index contributed by atoms with van der Waals surface area (Å²) in [6.07, 6.45) is 1.95. The van der Waals surface area contributed by atoms with Crippen LogP contribution in [0.5, 0.6) is 5.75 Å². The molecule has 1 aliphatic carbocycles. The van der Waals surface area contributed by atoms with Crippen LogP contribution < -0.4 is 4.74 Å². The number of aliphatic hydroxyl groups excluding tert-OH is 1. The largest absolute Gasteiger partial charge is 0.573 e. The number of aryl methyl sites for hydroxylation is 1. The molecule has 1 N–H and O–H groups in total. The molecule has 3 aliphatic rings. The lowest BCUT2D eigenvalue weighted by molar-refractivity contribution is -0.274. The normalized spacial score (nSPS) is 21.8. The number of carbonyl (C=O) groups is 1. The molecule has 2 aromatic rings. The summed E-state index contributed by atoms with van der Waals surface area (Å²) in [4.78, 5) is 18.1. The number of carbonyl (C=O) groups excluding carboxylic acids is 1. The molecule has 5 rings (SSSR count). The Bertz CT molecular complexity index is 1090. The Morgan fingerprint density at radius 1 is 1.14 bits per heavy atom. The van der Waals surface area contributed by atoms with E-state index in [1.54, 1.807) is 17.7 Å². The molecule has 0 spiro atoms. The van der Waals surface area contributed by atoms with Crippen molar-refractivity contribution in [3.8, 4) is 11.4 Å². The van der Waals surface area contributed by atoms with Crippen LogP contribution in [0.1, 0.15) is 72.6 Å². The Labute approximate surface area is 208 Å². The van der Waals surface area contributed by atoms with Crippen LogP contribution in [0, 0.1) is 6.92 Å². The molecule has 1 aromatic carbocycles. The fourth-order valence-corrected chi connectivity index (χ4v) is 5.91. The standard InChI is InChI=1S/C26H33F3N4O3/c1-17-23(25(35)31-13-9-20(10-14-31)32-12-3-5-19(32)11-15-34)24(18-7-8-18)33(30-17)21-4-2-6-22(16-21)36-26(27,28)29/h2,4,6,16,18-20,34H,3,5,7-15H2,1H3. The van der Waals surface area contributed by atoms with Gasteiger partial charge in [-0.15, -0.1) is 13.2 Å². The number of nitrogens with zero attached hydrogens (tertiary/aromatic N) is 4. The Morgan fingerprint density at radius 2 is 1.89 bits per heavy atom. The van der Waals surface area contributed by atoms with Gasteiger partial charge in [0, 0.05) is 43.8 Å². The monoisotopic (exact) mass is 506 g/mol. The fraction of sp³-hybridized carbons (Fsp3) is 0.615. The maximum atomic E-state index is 13.7. The summed E-state index contributed by atoms with van der Waals surface area (Å²) < 4.78 is 44.0. The van der Waals surface area contributed by atoms with Gasteiger partial charge in [0.05, 0.1) is 22.6 Å². The van der Waals surface area contributed by atoms with E-state index in [0.29, 0.717) is 42.1 Å². The molecule has 10 heteroatoms. The molecule has 36 heavy (non-hydrogen) atoms. The lowest BCUT2D eigenvalue weighted by Gasteiger charge is -2.39. The first-order valence-electron chi connectivity index (χ1n) is 12.9. The molecule has 3 heterocycles. The first-order chi connectivity index (χ1) is 17.2. The van der Waals surface area contributed by atoms with Crippen LogP contribution in [-0.2, 0) is 0 Å². The van der Waals surface area contributed by atoms with E-state index in [0.717, 1.165) is 57.2 Å². The third-order valence-corrected chi connectivity index (χ3v) is 7.68. The van der Waals surface area contributed by atoms with Gasteiger partial charge in [0.2, 0.25) is 0 Å². The molecule has 2 saturated heterocycles. The number of alkyl halides is 3. The highest BCUT2D eigenvalue weighted by Gasteiger charge is 2.38. The highest BCUT2D eigenvalue weighted by Crippen LogP contribution is 2.44. The fourth-order valence-electron chi connectivity index (χ4n) is 5.91. The van der Waals surface area contributed by atoms with E-state index in [-0.39, 0.29) is 24.2 Å². The average molecular weight is 507 g/mol. The summed E-state index contributed by atoms with van der Waals surface area (Å²) >= 11 is 0. The van der Waals surface area contributed by atoms with Crippen molar-refractivity contribution in [2.24, 2.45) is 0 Å². The zero-order valence-electron chi connectivity index (χ0n) is 20.5. The Balaban J connectivity index is 1.35. The van der Waals surface area contributed by atoms with Gasteiger partial charge in [0.25, 0.3) is 5.91 Å². The minimum atomic E-state index is -4.78. The Morgan fingerprint density at radius 3 is 2.56 bits per heavy atom. The van der Waals surface area contributed by atoms with Gasteiger partial charge in [-0.05, 0) is 70.5 Å². The van der Waals surface area contributed by atoms with Crippen molar-refractivity contribution in [2.45, 2.75) is 76.2 Å². The number of rotatable bonds is 7. The third kappa shape index (κ3) is 5.25. The smallest absolute Gasteiger partial charge is 0.406 e. The van der Waals surface area contributed by atoms with Crippen molar-refractivity contribution in [1.82, 2.24) is 19.6 Å². The maximum Gasteiger partial charge on any atom is 0.573 e. The SMILES string of the molecule is Cc1nn(-c2cccc(OC(F)(F)F)c2)c(C2CC2)c1C(=O)N1CCC(N2CCCC2CCO)CC1. The molecule has 1 aromatic heterocycles. The second-order valence-corrected chi connectivity index (χ2v) is 10.1. The van der Waals surface area contributed by atoms with Gasteiger partial charge in [-0.25, -0.2) is 4.68 Å². The molecule has 1 unspecified atom stereocenters. The molecular weight excluding hydrogens is 473 g/mol. The number of halogens is 3. The zero-order valence-corrected chi connectivity index (χ0v) is 20.5. The predicted octanol–water partition coefficient (Wildman–Crippen LogP) is 4.41. The number of benzene rings is 1. The van der Waals surface area contributed by atoms with E-state index in [9.17, 15) is 23.1 Å². The lowest BCUT2D eigenvalue weighted by Crippen LogP contribution is -2.48. The second-order valence-electron chi connectivity index (χ2n) is 10.1. The number of likely N-dealkylation sites (tertiary alicyclic amines) is 2. The third-order valence-electron chi connectivity index (χ3n) is 7.68. The van der Waals surface area contributed by atoms with Crippen molar-refractivity contribution in [2.75, 3.05) is 26.2 Å². The van der Waals surface area contributed by atoms with E-state index < -0.39 is 6.36 Å². The minimum absolute atomic E-state index is 0.0462. The van der Waals surface area contributed by atoms with Crippen LogP contribution in [0.15, 0.2) is 24.3 Å². The van der Waals surface area contributed by atoms with Crippen molar-refractivity contribution in [3.05, 3.63) is 41.2 Å². The van der Waals surface area contributed by atoms with Crippen LogP contribution in [0.25, 0.3) is 5.69 Å². The summed E-state index contributed by atoms with van der Waals surface area (Å²) in [6, 6.07) is 6.60. The first-order valence-corrected chi connectivity index (χ1v) is 12.9. The van der Waals surface area contributed by atoms with E-state index in [2.05, 4.69) is 14.7 Å². The van der Waals surface area contributed by atoms with Gasteiger partial charge < -0.3 is 14.7 Å². The number of amides is 1. The number of hydrogen-bond donors (Lipinski definition) is 1. The molecule has 7 nitrogen and oxygen atoms in total. The van der Waals surface area contributed by atoms with Gasteiger partial charge in [0.1, 0.15) is 5.75 Å². The van der Waals surface area contributed by atoms with Crippen molar-refractivity contribution < 1.29 is 27.8 Å². The molecule has 1 saturated carbocycles. The summed E-state index contributed by atoms with van der Waals surface area (Å²) in [6.45, 7) is 4.38. The van der Waals surface area contributed by atoms with Crippen LogP contribution in [0.2, 0.25) is 0 Å². The first kappa shape index (κ1) is 25.1. The number of hydrogen-bond acceptors (Lipinski definition) is 5. The number of aliphatic hydroxyl groups is 1. The predicted molar refractivity (Wildman–Crippen MR) is 127 cm³/mol. The maximum absolute atomic E-state index is 13.7. The summed E-state index contributed by atoms with van der Waals surface area (Å²) in [5.41, 5.74) is 2.40. The summed E-state index contributed by atoms with van der Waals surface area (Å²) in [5.74, 6) is -0.194. The quantitative estimate of drug-likeness (QED) is 0.603.